The number of aliphatic imine (C=N–C) groups is 1. The molecule has 0 amide bonds. The van der Waals surface area contributed by atoms with Crippen molar-refractivity contribution in [1.82, 2.24) is 20.1 Å². The Morgan fingerprint density at radius 3 is 2.66 bits per heavy atom. The Bertz CT molecular complexity index is 808. The number of rotatable bonds is 6. The van der Waals surface area contributed by atoms with Gasteiger partial charge in [0.25, 0.3) is 0 Å². The molecule has 1 fully saturated rings. The maximum atomic E-state index is 13.9. The van der Waals surface area contributed by atoms with Gasteiger partial charge in [0.1, 0.15) is 5.01 Å². The molecule has 0 bridgehead atoms. The zero-order valence-corrected chi connectivity index (χ0v) is 20.3. The topological polar surface area (TPSA) is 53.0 Å². The number of nitrogens with one attached hydrogen (secondary N) is 1. The summed E-state index contributed by atoms with van der Waals surface area (Å²) in [4.78, 5) is 15.0. The van der Waals surface area contributed by atoms with Gasteiger partial charge in [-0.05, 0) is 31.5 Å². The van der Waals surface area contributed by atoms with Crippen molar-refractivity contribution in [3.63, 3.8) is 0 Å². The van der Waals surface area contributed by atoms with Crippen molar-refractivity contribution < 1.29 is 9.13 Å². The first-order chi connectivity index (χ1) is 13.6. The molecule has 0 unspecified atom stereocenters. The fourth-order valence-corrected chi connectivity index (χ4v) is 3.94. The zero-order chi connectivity index (χ0) is 19.9. The fraction of sp³-hybridized carbons (Fsp3) is 0.500. The summed E-state index contributed by atoms with van der Waals surface area (Å²) in [5.74, 6) is 0.915. The highest BCUT2D eigenvalue weighted by Crippen LogP contribution is 2.19. The van der Waals surface area contributed by atoms with Crippen molar-refractivity contribution in [2.75, 3.05) is 39.8 Å². The van der Waals surface area contributed by atoms with Gasteiger partial charge in [0.2, 0.25) is 0 Å². The number of nitrogens with zero attached hydrogens (tertiary/aromatic N) is 4. The highest BCUT2D eigenvalue weighted by molar-refractivity contribution is 14.0. The zero-order valence-electron chi connectivity index (χ0n) is 17.2. The molecule has 29 heavy (non-hydrogen) atoms. The maximum absolute atomic E-state index is 13.9. The molecule has 1 aliphatic rings. The van der Waals surface area contributed by atoms with Gasteiger partial charge >= 0.3 is 0 Å². The van der Waals surface area contributed by atoms with Gasteiger partial charge in [0, 0.05) is 50.3 Å². The van der Waals surface area contributed by atoms with Crippen molar-refractivity contribution in [2.24, 2.45) is 4.99 Å². The minimum absolute atomic E-state index is 0. The van der Waals surface area contributed by atoms with Crippen LogP contribution in [0.3, 0.4) is 0 Å². The second kappa shape index (κ2) is 11.7. The van der Waals surface area contributed by atoms with Crippen LogP contribution in [0.4, 0.5) is 4.39 Å². The second-order valence-corrected chi connectivity index (χ2v) is 8.09. The van der Waals surface area contributed by atoms with Crippen molar-refractivity contribution in [2.45, 2.75) is 26.9 Å². The molecule has 3 rings (SSSR count). The molecular weight excluding hydrogens is 504 g/mol. The highest BCUT2D eigenvalue weighted by Gasteiger charge is 2.20. The van der Waals surface area contributed by atoms with Crippen molar-refractivity contribution in [3.05, 3.63) is 45.7 Å². The van der Waals surface area contributed by atoms with E-state index in [1.807, 2.05) is 12.3 Å². The lowest BCUT2D eigenvalue weighted by Gasteiger charge is -2.36. The van der Waals surface area contributed by atoms with E-state index in [1.165, 1.54) is 12.0 Å². The summed E-state index contributed by atoms with van der Waals surface area (Å²) in [6, 6.07) is 5.18. The van der Waals surface area contributed by atoms with Gasteiger partial charge in [-0.25, -0.2) is 14.4 Å². The number of aryl methyl sites for hydroxylation is 1. The largest absolute Gasteiger partial charge is 0.494 e. The molecule has 160 valence electrons. The molecule has 0 radical (unpaired) electrons. The molecule has 1 aromatic carbocycles. The van der Waals surface area contributed by atoms with Crippen molar-refractivity contribution in [3.8, 4) is 5.75 Å². The molecule has 9 heteroatoms. The van der Waals surface area contributed by atoms with E-state index in [-0.39, 0.29) is 35.5 Å². The number of halogens is 2. The molecule has 1 aromatic heterocycles. The summed E-state index contributed by atoms with van der Waals surface area (Å²) in [7, 11) is 1.48. The third-order valence-electron chi connectivity index (χ3n) is 4.66. The van der Waals surface area contributed by atoms with Crippen LogP contribution in [0.1, 0.15) is 22.4 Å². The quantitative estimate of drug-likeness (QED) is 0.350. The highest BCUT2D eigenvalue weighted by atomic mass is 127. The lowest BCUT2D eigenvalue weighted by atomic mass is 10.2. The van der Waals surface area contributed by atoms with Gasteiger partial charge in [-0.15, -0.1) is 35.3 Å². The van der Waals surface area contributed by atoms with Crippen molar-refractivity contribution in [1.29, 1.82) is 0 Å². The molecule has 0 aliphatic carbocycles. The van der Waals surface area contributed by atoms with E-state index >= 15 is 0 Å². The first-order valence-corrected chi connectivity index (χ1v) is 10.4. The summed E-state index contributed by atoms with van der Waals surface area (Å²) in [6.07, 6.45) is 1.89. The third-order valence-corrected chi connectivity index (χ3v) is 5.56. The Kier molecular flexibility index (Phi) is 9.57. The van der Waals surface area contributed by atoms with E-state index in [2.05, 4.69) is 33.9 Å². The predicted octanol–water partition coefficient (Wildman–Crippen LogP) is 3.50. The van der Waals surface area contributed by atoms with E-state index in [0.717, 1.165) is 55.8 Å². The SMILES string of the molecule is CCNC(=NCc1ncc(C)s1)N1CCN(Cc2ccc(OC)c(F)c2)CC1.I. The minimum atomic E-state index is -0.308. The number of thiazole rings is 1. The molecule has 6 nitrogen and oxygen atoms in total. The van der Waals surface area contributed by atoms with Crippen LogP contribution >= 0.6 is 35.3 Å². The van der Waals surface area contributed by atoms with E-state index in [1.54, 1.807) is 23.5 Å². The van der Waals surface area contributed by atoms with E-state index in [4.69, 9.17) is 9.73 Å². The first kappa shape index (κ1) is 23.8. The summed E-state index contributed by atoms with van der Waals surface area (Å²) in [5, 5.41) is 4.42. The summed E-state index contributed by atoms with van der Waals surface area (Å²) in [6.45, 7) is 9.92. The summed E-state index contributed by atoms with van der Waals surface area (Å²) < 4.78 is 18.9. The Morgan fingerprint density at radius 2 is 2.07 bits per heavy atom. The smallest absolute Gasteiger partial charge is 0.194 e. The average Bonchev–Trinajstić information content (AvgIpc) is 3.11. The predicted molar refractivity (Wildman–Crippen MR) is 127 cm³/mol. The minimum Gasteiger partial charge on any atom is -0.494 e. The van der Waals surface area contributed by atoms with Gasteiger partial charge in [0.15, 0.2) is 17.5 Å². The molecule has 2 heterocycles. The lowest BCUT2D eigenvalue weighted by Crippen LogP contribution is -2.52. The molecule has 1 aliphatic heterocycles. The van der Waals surface area contributed by atoms with Gasteiger partial charge in [0.05, 0.1) is 13.7 Å². The molecular formula is C20H29FIN5OS. The van der Waals surface area contributed by atoms with E-state index < -0.39 is 0 Å². The Balaban J connectivity index is 0.00000300. The molecule has 0 atom stereocenters. The normalized spacial score (nSPS) is 15.2. The van der Waals surface area contributed by atoms with Crippen LogP contribution < -0.4 is 10.1 Å². The third kappa shape index (κ3) is 6.78. The van der Waals surface area contributed by atoms with Crippen LogP contribution in [0, 0.1) is 12.7 Å². The Morgan fingerprint density at radius 1 is 1.31 bits per heavy atom. The van der Waals surface area contributed by atoms with Gasteiger partial charge in [-0.2, -0.15) is 0 Å². The number of methoxy groups -OCH3 is 1. The second-order valence-electron chi connectivity index (χ2n) is 6.77. The number of piperazine rings is 1. The summed E-state index contributed by atoms with van der Waals surface area (Å²) in [5.41, 5.74) is 0.964. The lowest BCUT2D eigenvalue weighted by molar-refractivity contribution is 0.172. The van der Waals surface area contributed by atoms with Crippen molar-refractivity contribution >= 4 is 41.3 Å². The van der Waals surface area contributed by atoms with Crippen LogP contribution in [0.2, 0.25) is 0 Å². The fourth-order valence-electron chi connectivity index (χ4n) is 3.23. The maximum Gasteiger partial charge on any atom is 0.194 e. The van der Waals surface area contributed by atoms with E-state index in [9.17, 15) is 4.39 Å². The Hall–Kier alpha value is -1.46. The molecule has 0 spiro atoms. The number of ether oxygens (including phenoxy) is 1. The number of aromatic nitrogens is 1. The van der Waals surface area contributed by atoms with Crippen LogP contribution in [0.25, 0.3) is 0 Å². The molecule has 1 N–H and O–H groups in total. The monoisotopic (exact) mass is 533 g/mol. The molecule has 0 saturated carbocycles. The van der Waals surface area contributed by atoms with Crippen LogP contribution in [0.5, 0.6) is 5.75 Å². The van der Waals surface area contributed by atoms with Crippen LogP contribution in [-0.2, 0) is 13.1 Å². The Labute approximate surface area is 193 Å². The van der Waals surface area contributed by atoms with E-state index in [0.29, 0.717) is 6.54 Å². The standard InChI is InChI=1S/C20H28FN5OS.HI/c1-4-22-20(24-13-19-23-12-15(2)28-19)26-9-7-25(8-10-26)14-16-5-6-18(27-3)17(21)11-16;/h5-6,11-12H,4,7-10,13-14H2,1-3H3,(H,22,24);1H. The molecule has 1 saturated heterocycles. The number of hydrogen-bond donors (Lipinski definition) is 1. The van der Waals surface area contributed by atoms with Gasteiger partial charge in [-0.3, -0.25) is 4.90 Å². The number of benzene rings is 1. The number of hydrogen-bond acceptors (Lipinski definition) is 5. The number of guanidine groups is 1. The van der Waals surface area contributed by atoms with Crippen LogP contribution in [-0.4, -0.2) is 60.6 Å². The molecule has 2 aromatic rings. The van der Waals surface area contributed by atoms with Gasteiger partial charge < -0.3 is 15.0 Å². The van der Waals surface area contributed by atoms with Crippen LogP contribution in [0.15, 0.2) is 29.4 Å². The summed E-state index contributed by atoms with van der Waals surface area (Å²) >= 11 is 1.69. The van der Waals surface area contributed by atoms with Gasteiger partial charge in [-0.1, -0.05) is 6.07 Å². The average molecular weight is 533 g/mol. The first-order valence-electron chi connectivity index (χ1n) is 9.58.